The van der Waals surface area contributed by atoms with E-state index >= 15 is 0 Å². The van der Waals surface area contributed by atoms with E-state index in [0.29, 0.717) is 11.7 Å². The quantitative estimate of drug-likeness (QED) is 0.831. The third-order valence-electron chi connectivity index (χ3n) is 4.58. The maximum absolute atomic E-state index is 12.2. The van der Waals surface area contributed by atoms with Crippen LogP contribution in [0.15, 0.2) is 35.3 Å². The highest BCUT2D eigenvalue weighted by Crippen LogP contribution is 2.26. The summed E-state index contributed by atoms with van der Waals surface area (Å²) < 4.78 is 5.69. The Kier molecular flexibility index (Phi) is 3.90. The number of nitrogens with one attached hydrogen (secondary N) is 1. The summed E-state index contributed by atoms with van der Waals surface area (Å²) in [7, 11) is 0. The van der Waals surface area contributed by atoms with Crippen molar-refractivity contribution in [1.29, 1.82) is 0 Å². The molecule has 0 unspecified atom stereocenters. The van der Waals surface area contributed by atoms with Crippen LogP contribution in [0.25, 0.3) is 17.1 Å². The van der Waals surface area contributed by atoms with Crippen LogP contribution in [0, 0.1) is 0 Å². The van der Waals surface area contributed by atoms with Gasteiger partial charge in [0.05, 0.1) is 18.6 Å². The molecule has 6 nitrogen and oxygen atoms in total. The molecule has 0 amide bonds. The number of aromatic nitrogens is 2. The molecule has 0 bridgehead atoms. The smallest absolute Gasteiger partial charge is 0.207 e. The molecule has 0 radical (unpaired) electrons. The number of ether oxygens (including phenoxy) is 1. The highest BCUT2D eigenvalue weighted by Gasteiger charge is 2.28. The minimum Gasteiger partial charge on any atom is -0.439 e. The number of pyridine rings is 1. The van der Waals surface area contributed by atoms with Crippen LogP contribution in [0.1, 0.15) is 37.7 Å². The van der Waals surface area contributed by atoms with Crippen molar-refractivity contribution in [3.8, 4) is 0 Å². The molecule has 1 saturated carbocycles. The second-order valence-corrected chi connectivity index (χ2v) is 6.34. The molecule has 0 aromatic carbocycles. The summed E-state index contributed by atoms with van der Waals surface area (Å²) in [5, 5.41) is 10.5. The third-order valence-corrected chi connectivity index (χ3v) is 4.58. The number of ketones is 1. The van der Waals surface area contributed by atoms with Gasteiger partial charge in [-0.25, -0.2) is 4.98 Å². The summed E-state index contributed by atoms with van der Waals surface area (Å²) in [5.41, 5.74) is 1.66. The molecule has 24 heavy (non-hydrogen) atoms. The number of hydrogen-bond donors (Lipinski definition) is 2. The van der Waals surface area contributed by atoms with Crippen molar-refractivity contribution in [2.75, 3.05) is 0 Å². The average Bonchev–Trinajstić information content (AvgIpc) is 3.14. The van der Waals surface area contributed by atoms with Crippen LogP contribution in [0.5, 0.6) is 0 Å². The van der Waals surface area contributed by atoms with E-state index in [1.807, 2.05) is 18.3 Å². The molecule has 1 aliphatic heterocycles. The molecule has 4 rings (SSSR count). The number of Topliss-reactive ketones (excluding diaryl/α,β-unsaturated/α-hetero) is 1. The minimum absolute atomic E-state index is 0.0529. The molecule has 0 spiro atoms. The largest absolute Gasteiger partial charge is 0.439 e. The van der Waals surface area contributed by atoms with Crippen LogP contribution in [0.3, 0.4) is 0 Å². The first-order valence-electron chi connectivity index (χ1n) is 8.28. The van der Waals surface area contributed by atoms with Crippen molar-refractivity contribution in [3.63, 3.8) is 0 Å². The first-order valence-corrected chi connectivity index (χ1v) is 8.28. The van der Waals surface area contributed by atoms with Gasteiger partial charge >= 0.3 is 0 Å². The van der Waals surface area contributed by atoms with Gasteiger partial charge in [0.15, 0.2) is 11.7 Å². The molecule has 0 atom stereocenters. The van der Waals surface area contributed by atoms with E-state index in [4.69, 9.17) is 4.74 Å². The molecule has 1 aliphatic carbocycles. The first kappa shape index (κ1) is 15.1. The van der Waals surface area contributed by atoms with Crippen LogP contribution in [0.4, 0.5) is 0 Å². The van der Waals surface area contributed by atoms with Crippen LogP contribution in [-0.2, 0) is 9.53 Å². The molecule has 1 saturated heterocycles. The normalized spacial score (nSPS) is 28.0. The summed E-state index contributed by atoms with van der Waals surface area (Å²) in [6.45, 7) is 0. The number of aliphatic hydroxyl groups is 1. The van der Waals surface area contributed by atoms with Gasteiger partial charge in [-0.2, -0.15) is 0 Å². The molecule has 124 valence electrons. The Balaban J connectivity index is 1.54. The maximum atomic E-state index is 12.2. The maximum Gasteiger partial charge on any atom is 0.207 e. The number of carbonyl (C=O) groups excluding carboxylic acids is 1. The molecular weight excluding hydrogens is 306 g/mol. The second kappa shape index (κ2) is 6.20. The van der Waals surface area contributed by atoms with Gasteiger partial charge in [0.1, 0.15) is 5.65 Å². The van der Waals surface area contributed by atoms with Crippen LogP contribution in [0.2, 0.25) is 0 Å². The molecule has 2 fully saturated rings. The van der Waals surface area contributed by atoms with E-state index in [2.05, 4.69) is 15.0 Å². The van der Waals surface area contributed by atoms with Gasteiger partial charge in [-0.1, -0.05) is 0 Å². The fraction of sp³-hybridized carbons (Fsp3) is 0.389. The number of rotatable bonds is 2. The predicted molar refractivity (Wildman–Crippen MR) is 90.5 cm³/mol. The molecule has 3 heterocycles. The Bertz CT molecular complexity index is 829. The van der Waals surface area contributed by atoms with Gasteiger partial charge in [0, 0.05) is 23.3 Å². The number of nitrogens with zero attached hydrogens (tertiary/aromatic N) is 2. The summed E-state index contributed by atoms with van der Waals surface area (Å²) in [5.74, 6) is 0.766. The number of allylic oxidation sites excluding steroid dienone is 1. The van der Waals surface area contributed by atoms with Gasteiger partial charge in [0.2, 0.25) is 5.78 Å². The molecule has 6 heteroatoms. The number of aromatic amines is 1. The van der Waals surface area contributed by atoms with Gasteiger partial charge in [-0.05, 0) is 43.9 Å². The Morgan fingerprint density at radius 1 is 1.33 bits per heavy atom. The van der Waals surface area contributed by atoms with Crippen molar-refractivity contribution < 1.29 is 14.6 Å². The minimum atomic E-state index is -0.210. The average molecular weight is 325 g/mol. The number of H-pyrrole nitrogens is 1. The topological polar surface area (TPSA) is 87.6 Å². The van der Waals surface area contributed by atoms with Gasteiger partial charge < -0.3 is 14.8 Å². The van der Waals surface area contributed by atoms with Crippen LogP contribution < -0.4 is 0 Å². The summed E-state index contributed by atoms with van der Waals surface area (Å²) in [4.78, 5) is 24.1. The first-order chi connectivity index (χ1) is 11.7. The lowest BCUT2D eigenvalue weighted by Crippen LogP contribution is -2.21. The van der Waals surface area contributed by atoms with Crippen molar-refractivity contribution in [2.45, 2.75) is 44.2 Å². The Morgan fingerprint density at radius 2 is 2.17 bits per heavy atom. The van der Waals surface area contributed by atoms with Crippen molar-refractivity contribution in [3.05, 3.63) is 35.8 Å². The number of aliphatic imine (C=N–C) groups is 1. The lowest BCUT2D eigenvalue weighted by molar-refractivity contribution is -0.114. The number of aliphatic hydroxyl groups excluding tert-OH is 1. The highest BCUT2D eigenvalue weighted by atomic mass is 16.5. The zero-order valence-corrected chi connectivity index (χ0v) is 13.2. The lowest BCUT2D eigenvalue weighted by atomic mass is 9.93. The van der Waals surface area contributed by atoms with E-state index in [9.17, 15) is 9.90 Å². The Morgan fingerprint density at radius 3 is 3.00 bits per heavy atom. The number of hydrogen-bond acceptors (Lipinski definition) is 5. The van der Waals surface area contributed by atoms with Gasteiger partial charge in [-0.3, -0.25) is 9.79 Å². The molecular formula is C18H19N3O3. The van der Waals surface area contributed by atoms with Gasteiger partial charge in [0.25, 0.3) is 0 Å². The van der Waals surface area contributed by atoms with E-state index in [1.54, 1.807) is 12.3 Å². The summed E-state index contributed by atoms with van der Waals surface area (Å²) in [6, 6.07) is 3.96. The highest BCUT2D eigenvalue weighted by molar-refractivity contribution is 6.14. The zero-order valence-electron chi connectivity index (χ0n) is 13.2. The van der Waals surface area contributed by atoms with E-state index in [-0.39, 0.29) is 24.3 Å². The standard InChI is InChI=1S/C18H19N3O3/c22-13-5-3-12(4-6-13)21-17-9-15(23)16(24-17)8-11-10-20-18-14(11)2-1-7-19-18/h1-2,7-8,10,12-13,22H,3-6,9H2,(H,19,20)/b16-8-,21-17?. The molecule has 2 aliphatic rings. The van der Waals surface area contributed by atoms with E-state index in [1.165, 1.54) is 0 Å². The monoisotopic (exact) mass is 325 g/mol. The number of carbonyl (C=O) groups is 1. The van der Waals surface area contributed by atoms with Crippen LogP contribution >= 0.6 is 0 Å². The second-order valence-electron chi connectivity index (χ2n) is 6.34. The molecule has 2 N–H and O–H groups in total. The predicted octanol–water partition coefficient (Wildman–Crippen LogP) is 2.60. The molecule has 2 aromatic heterocycles. The fourth-order valence-electron chi connectivity index (χ4n) is 3.26. The number of fused-ring (bicyclic) bond motifs is 1. The summed E-state index contributed by atoms with van der Waals surface area (Å²) >= 11 is 0. The lowest BCUT2D eigenvalue weighted by Gasteiger charge is -2.22. The fourth-order valence-corrected chi connectivity index (χ4v) is 3.26. The van der Waals surface area contributed by atoms with Crippen molar-refractivity contribution >= 4 is 28.8 Å². The SMILES string of the molecule is O=C1CC(=NC2CCC(O)CC2)O/C1=C\c1c[nH]c2ncccc12. The Labute approximate surface area is 139 Å². The van der Waals surface area contributed by atoms with E-state index < -0.39 is 0 Å². The van der Waals surface area contributed by atoms with Crippen LogP contribution in [-0.4, -0.2) is 38.9 Å². The van der Waals surface area contributed by atoms with Crippen molar-refractivity contribution in [2.24, 2.45) is 4.99 Å². The van der Waals surface area contributed by atoms with Gasteiger partial charge in [-0.15, -0.1) is 0 Å². The van der Waals surface area contributed by atoms with E-state index in [0.717, 1.165) is 42.3 Å². The van der Waals surface area contributed by atoms with Crippen molar-refractivity contribution in [1.82, 2.24) is 9.97 Å². The summed E-state index contributed by atoms with van der Waals surface area (Å²) in [6.07, 6.45) is 8.50. The Hall–Kier alpha value is -2.47. The third kappa shape index (κ3) is 2.97. The zero-order chi connectivity index (χ0) is 16.5. The molecule has 2 aromatic rings.